The van der Waals surface area contributed by atoms with Crippen molar-refractivity contribution in [3.05, 3.63) is 78.0 Å². The van der Waals surface area contributed by atoms with Gasteiger partial charge in [0, 0.05) is 12.1 Å². The van der Waals surface area contributed by atoms with E-state index in [9.17, 15) is 4.79 Å². The molecule has 1 atom stereocenters. The highest BCUT2D eigenvalue weighted by atomic mass is 16.5. The Balaban J connectivity index is 1.47. The van der Waals surface area contributed by atoms with Crippen molar-refractivity contribution in [2.75, 3.05) is 13.7 Å². The fraction of sp³-hybridized carbons (Fsp3) is 0.250. The first-order chi connectivity index (χ1) is 15.7. The third-order valence-electron chi connectivity index (χ3n) is 5.84. The molecule has 0 radical (unpaired) electrons. The first-order valence-electron chi connectivity index (χ1n) is 10.6. The molecule has 162 valence electrons. The first-order valence-corrected chi connectivity index (χ1v) is 10.6. The number of aryl methyl sites for hydroxylation is 1. The molecule has 1 saturated heterocycles. The molecule has 8 heteroatoms. The molecule has 1 aliphatic rings. The molecular formula is C24H24N6O2. The van der Waals surface area contributed by atoms with Gasteiger partial charge in [-0.25, -0.2) is 4.98 Å². The molecule has 8 nitrogen and oxygen atoms in total. The number of H-pyrrole nitrogens is 1. The summed E-state index contributed by atoms with van der Waals surface area (Å²) in [5.41, 5.74) is 4.08. The molecule has 1 aliphatic heterocycles. The van der Waals surface area contributed by atoms with Crippen LogP contribution in [-0.4, -0.2) is 49.4 Å². The van der Waals surface area contributed by atoms with Gasteiger partial charge in [-0.05, 0) is 44.0 Å². The highest BCUT2D eigenvalue weighted by Crippen LogP contribution is 2.35. The Hall–Kier alpha value is -3.94. The van der Waals surface area contributed by atoms with Gasteiger partial charge in [-0.15, -0.1) is 0 Å². The summed E-state index contributed by atoms with van der Waals surface area (Å²) < 4.78 is 5.48. The van der Waals surface area contributed by atoms with Crippen LogP contribution in [0.2, 0.25) is 0 Å². The number of imidazole rings is 1. The molecule has 1 N–H and O–H groups in total. The molecule has 4 aromatic rings. The fourth-order valence-corrected chi connectivity index (χ4v) is 4.29. The minimum absolute atomic E-state index is 0.0428. The number of likely N-dealkylation sites (tertiary alicyclic amines) is 1. The lowest BCUT2D eigenvalue weighted by Crippen LogP contribution is -2.32. The van der Waals surface area contributed by atoms with Crippen molar-refractivity contribution in [1.29, 1.82) is 0 Å². The lowest BCUT2D eigenvalue weighted by Gasteiger charge is -2.24. The number of hydrogen-bond donors (Lipinski definition) is 1. The van der Waals surface area contributed by atoms with E-state index in [1.165, 1.54) is 4.80 Å². The largest absolute Gasteiger partial charge is 0.496 e. The summed E-state index contributed by atoms with van der Waals surface area (Å²) in [5, 5.41) is 8.44. The second-order valence-corrected chi connectivity index (χ2v) is 7.88. The molecule has 0 saturated carbocycles. The van der Waals surface area contributed by atoms with Crippen LogP contribution in [0.15, 0.2) is 61.1 Å². The quantitative estimate of drug-likeness (QED) is 0.520. The zero-order valence-corrected chi connectivity index (χ0v) is 18.0. The molecule has 0 unspecified atom stereocenters. The van der Waals surface area contributed by atoms with Crippen LogP contribution in [0.3, 0.4) is 0 Å². The molecule has 5 rings (SSSR count). The van der Waals surface area contributed by atoms with Crippen molar-refractivity contribution in [3.8, 4) is 22.7 Å². The molecule has 0 spiro atoms. The summed E-state index contributed by atoms with van der Waals surface area (Å²) in [6, 6.07) is 13.4. The van der Waals surface area contributed by atoms with Gasteiger partial charge in [0.1, 0.15) is 11.6 Å². The number of rotatable bonds is 5. The number of aromatic amines is 1. The lowest BCUT2D eigenvalue weighted by molar-refractivity contribution is 0.0730. The van der Waals surface area contributed by atoms with Crippen LogP contribution < -0.4 is 4.74 Å². The normalized spacial score (nSPS) is 15.8. The predicted octanol–water partition coefficient (Wildman–Crippen LogP) is 3.95. The summed E-state index contributed by atoms with van der Waals surface area (Å²) in [6.07, 6.45) is 6.79. The number of benzene rings is 2. The Morgan fingerprint density at radius 1 is 1.16 bits per heavy atom. The number of para-hydroxylation sites is 1. The Bertz CT molecular complexity index is 1250. The highest BCUT2D eigenvalue weighted by Gasteiger charge is 2.34. The smallest absolute Gasteiger partial charge is 0.256 e. The Labute approximate surface area is 185 Å². The maximum absolute atomic E-state index is 13.7. The minimum Gasteiger partial charge on any atom is -0.496 e. The topological polar surface area (TPSA) is 88.9 Å². The van der Waals surface area contributed by atoms with E-state index in [4.69, 9.17) is 4.74 Å². The van der Waals surface area contributed by atoms with Gasteiger partial charge in [-0.2, -0.15) is 15.0 Å². The molecule has 1 amide bonds. The van der Waals surface area contributed by atoms with Gasteiger partial charge >= 0.3 is 0 Å². The SMILES string of the molecule is COc1ccccc1-c1cnc([C@@H]2CCCN2C(=O)c2cc(C)ccc2-n2nccn2)[nH]1. The van der Waals surface area contributed by atoms with Crippen molar-refractivity contribution >= 4 is 5.91 Å². The Kier molecular flexibility index (Phi) is 5.18. The van der Waals surface area contributed by atoms with Crippen LogP contribution in [0.5, 0.6) is 5.75 Å². The zero-order chi connectivity index (χ0) is 22.1. The number of nitrogens with zero attached hydrogens (tertiary/aromatic N) is 5. The number of amides is 1. The van der Waals surface area contributed by atoms with Crippen LogP contribution >= 0.6 is 0 Å². The maximum Gasteiger partial charge on any atom is 0.256 e. The Morgan fingerprint density at radius 3 is 2.78 bits per heavy atom. The molecule has 2 aromatic carbocycles. The molecule has 32 heavy (non-hydrogen) atoms. The van der Waals surface area contributed by atoms with Gasteiger partial charge in [0.05, 0.1) is 48.7 Å². The second kappa shape index (κ2) is 8.30. The molecule has 2 aromatic heterocycles. The third kappa shape index (κ3) is 3.53. The summed E-state index contributed by atoms with van der Waals surface area (Å²) in [7, 11) is 1.65. The number of methoxy groups -OCH3 is 1. The summed E-state index contributed by atoms with van der Waals surface area (Å²) in [4.78, 5) is 25.1. The number of carbonyl (C=O) groups is 1. The zero-order valence-electron chi connectivity index (χ0n) is 18.0. The van der Waals surface area contributed by atoms with Crippen LogP contribution in [0, 0.1) is 6.92 Å². The van der Waals surface area contributed by atoms with Crippen molar-refractivity contribution in [2.24, 2.45) is 0 Å². The summed E-state index contributed by atoms with van der Waals surface area (Å²) >= 11 is 0. The number of hydrogen-bond acceptors (Lipinski definition) is 5. The standard InChI is InChI=1S/C24H24N6O2/c1-16-9-10-20(30-26-11-12-27-30)18(14-16)24(31)29-13-5-7-21(29)23-25-15-19(28-23)17-6-3-4-8-22(17)32-2/h3-4,6,8-12,14-15,21H,5,7,13H2,1-2H3,(H,25,28)/t21-/m0/s1. The van der Waals surface area contributed by atoms with E-state index in [0.29, 0.717) is 17.8 Å². The van der Waals surface area contributed by atoms with Crippen LogP contribution in [0.25, 0.3) is 16.9 Å². The van der Waals surface area contributed by atoms with Crippen molar-refractivity contribution < 1.29 is 9.53 Å². The number of aromatic nitrogens is 5. The van der Waals surface area contributed by atoms with E-state index in [1.807, 2.05) is 54.3 Å². The van der Waals surface area contributed by atoms with Crippen molar-refractivity contribution in [1.82, 2.24) is 29.9 Å². The highest BCUT2D eigenvalue weighted by molar-refractivity contribution is 5.98. The van der Waals surface area contributed by atoms with Crippen LogP contribution in [-0.2, 0) is 0 Å². The van der Waals surface area contributed by atoms with Crippen molar-refractivity contribution in [2.45, 2.75) is 25.8 Å². The van der Waals surface area contributed by atoms with Gasteiger partial charge in [0.2, 0.25) is 0 Å². The molecule has 0 bridgehead atoms. The average Bonchev–Trinajstić information content (AvgIpc) is 3.59. The van der Waals surface area contributed by atoms with E-state index < -0.39 is 0 Å². The molecule has 3 heterocycles. The average molecular weight is 428 g/mol. The van der Waals surface area contributed by atoms with E-state index in [1.54, 1.807) is 25.7 Å². The van der Waals surface area contributed by atoms with Crippen molar-refractivity contribution in [3.63, 3.8) is 0 Å². The summed E-state index contributed by atoms with van der Waals surface area (Å²) in [5.74, 6) is 1.51. The maximum atomic E-state index is 13.7. The number of carbonyl (C=O) groups excluding carboxylic acids is 1. The van der Waals surface area contributed by atoms with Gasteiger partial charge in [-0.1, -0.05) is 23.8 Å². The summed E-state index contributed by atoms with van der Waals surface area (Å²) in [6.45, 7) is 2.65. The van der Waals surface area contributed by atoms with Gasteiger partial charge in [-0.3, -0.25) is 4.79 Å². The van der Waals surface area contributed by atoms with Crippen LogP contribution in [0.1, 0.15) is 40.6 Å². The first kappa shape index (κ1) is 20.0. The van der Waals surface area contributed by atoms with Crippen LogP contribution in [0.4, 0.5) is 0 Å². The van der Waals surface area contributed by atoms with E-state index >= 15 is 0 Å². The monoisotopic (exact) mass is 428 g/mol. The Morgan fingerprint density at radius 2 is 1.97 bits per heavy atom. The number of ether oxygens (including phenoxy) is 1. The predicted molar refractivity (Wildman–Crippen MR) is 120 cm³/mol. The number of nitrogens with one attached hydrogen (secondary N) is 1. The third-order valence-corrected chi connectivity index (χ3v) is 5.84. The van der Waals surface area contributed by atoms with Gasteiger partial charge in [0.15, 0.2) is 0 Å². The molecule has 0 aliphatic carbocycles. The minimum atomic E-state index is -0.120. The van der Waals surface area contributed by atoms with E-state index in [2.05, 4.69) is 20.2 Å². The molecule has 1 fully saturated rings. The fourth-order valence-electron chi connectivity index (χ4n) is 4.29. The van der Waals surface area contributed by atoms with Gasteiger partial charge in [0.25, 0.3) is 5.91 Å². The second-order valence-electron chi connectivity index (χ2n) is 7.88. The molecular weight excluding hydrogens is 404 g/mol. The lowest BCUT2D eigenvalue weighted by atomic mass is 10.1. The van der Waals surface area contributed by atoms with E-state index in [0.717, 1.165) is 41.2 Å². The van der Waals surface area contributed by atoms with E-state index in [-0.39, 0.29) is 11.9 Å². The van der Waals surface area contributed by atoms with Gasteiger partial charge < -0.3 is 14.6 Å².